The predicted molar refractivity (Wildman–Crippen MR) is 116 cm³/mol. The van der Waals surface area contributed by atoms with Crippen LogP contribution in [0.4, 0.5) is 13.2 Å². The summed E-state index contributed by atoms with van der Waals surface area (Å²) >= 11 is 0. The van der Waals surface area contributed by atoms with E-state index in [1.807, 2.05) is 6.92 Å². The summed E-state index contributed by atoms with van der Waals surface area (Å²) in [6, 6.07) is 6.38. The summed E-state index contributed by atoms with van der Waals surface area (Å²) in [6.07, 6.45) is -2.33. The third kappa shape index (κ3) is 7.33. The van der Waals surface area contributed by atoms with Gasteiger partial charge in [-0.15, -0.1) is 24.0 Å². The molecule has 28 heavy (non-hydrogen) atoms. The maximum Gasteiger partial charge on any atom is 0.435 e. The summed E-state index contributed by atoms with van der Waals surface area (Å²) in [5.74, 6) is 0.485. The normalized spacial score (nSPS) is 11.9. The molecule has 1 heterocycles. The molecule has 0 spiro atoms. The van der Waals surface area contributed by atoms with Crippen molar-refractivity contribution < 1.29 is 13.2 Å². The number of nitrogens with one attached hydrogen (secondary N) is 2. The topological polar surface area (TPSA) is 54.2 Å². The Morgan fingerprint density at radius 3 is 2.36 bits per heavy atom. The van der Waals surface area contributed by atoms with Gasteiger partial charge in [0.15, 0.2) is 11.7 Å². The fourth-order valence-corrected chi connectivity index (χ4v) is 2.94. The lowest BCUT2D eigenvalue weighted by molar-refractivity contribution is -0.142. The van der Waals surface area contributed by atoms with E-state index in [0.29, 0.717) is 19.0 Å². The van der Waals surface area contributed by atoms with Gasteiger partial charge in [0.25, 0.3) is 0 Å². The van der Waals surface area contributed by atoms with Crippen LogP contribution >= 0.6 is 24.0 Å². The molecular weight excluding hydrogens is 482 g/mol. The van der Waals surface area contributed by atoms with Gasteiger partial charge in [-0.3, -0.25) is 4.68 Å². The third-order valence-electron chi connectivity index (χ3n) is 3.91. The Kier molecular flexibility index (Phi) is 9.25. The zero-order valence-corrected chi connectivity index (χ0v) is 18.9. The van der Waals surface area contributed by atoms with E-state index in [2.05, 4.69) is 52.8 Å². The van der Waals surface area contributed by atoms with Crippen LogP contribution in [0.15, 0.2) is 29.4 Å². The molecule has 9 heteroatoms. The van der Waals surface area contributed by atoms with E-state index in [4.69, 9.17) is 0 Å². The molecule has 0 fully saturated rings. The fraction of sp³-hybridized carbons (Fsp3) is 0.474. The van der Waals surface area contributed by atoms with Gasteiger partial charge in [-0.1, -0.05) is 29.3 Å². The van der Waals surface area contributed by atoms with E-state index in [1.54, 1.807) is 0 Å². The first-order valence-electron chi connectivity index (χ1n) is 8.88. The first-order valence-corrected chi connectivity index (χ1v) is 8.88. The van der Waals surface area contributed by atoms with Gasteiger partial charge in [-0.05, 0) is 32.8 Å². The lowest BCUT2D eigenvalue weighted by atomic mass is 10.1. The Morgan fingerprint density at radius 1 is 1.14 bits per heavy atom. The first-order chi connectivity index (χ1) is 12.7. The van der Waals surface area contributed by atoms with Gasteiger partial charge in [-0.25, -0.2) is 4.99 Å². The molecule has 0 aliphatic rings. The summed E-state index contributed by atoms with van der Waals surface area (Å²) < 4.78 is 40.3. The van der Waals surface area contributed by atoms with Crippen molar-refractivity contribution in [3.63, 3.8) is 0 Å². The Morgan fingerprint density at radius 2 is 1.79 bits per heavy atom. The zero-order chi connectivity index (χ0) is 20.0. The molecule has 2 aromatic rings. The number of hydrogen-bond donors (Lipinski definition) is 2. The Balaban J connectivity index is 0.00000392. The highest BCUT2D eigenvalue weighted by molar-refractivity contribution is 14.0. The molecule has 0 bridgehead atoms. The van der Waals surface area contributed by atoms with Crippen molar-refractivity contribution in [2.75, 3.05) is 13.1 Å². The average molecular weight is 509 g/mol. The van der Waals surface area contributed by atoms with Crippen LogP contribution in [0.25, 0.3) is 0 Å². The molecule has 0 aliphatic carbocycles. The maximum atomic E-state index is 13.0. The molecule has 1 aromatic carbocycles. The number of benzene rings is 1. The maximum absolute atomic E-state index is 13.0. The van der Waals surface area contributed by atoms with Crippen LogP contribution in [0.5, 0.6) is 0 Å². The van der Waals surface area contributed by atoms with Gasteiger partial charge in [0.1, 0.15) is 0 Å². The van der Waals surface area contributed by atoms with E-state index in [9.17, 15) is 13.2 Å². The van der Waals surface area contributed by atoms with E-state index >= 15 is 0 Å². The van der Waals surface area contributed by atoms with Crippen molar-refractivity contribution in [1.29, 1.82) is 0 Å². The van der Waals surface area contributed by atoms with Crippen LogP contribution < -0.4 is 10.6 Å². The largest absolute Gasteiger partial charge is 0.435 e. The summed E-state index contributed by atoms with van der Waals surface area (Å²) in [7, 11) is 1.47. The number of guanidine groups is 1. The summed E-state index contributed by atoms with van der Waals surface area (Å²) in [5.41, 5.74) is 2.79. The van der Waals surface area contributed by atoms with Crippen LogP contribution in [0.3, 0.4) is 0 Å². The lowest BCUT2D eigenvalue weighted by Crippen LogP contribution is -2.38. The molecule has 0 saturated heterocycles. The number of halogens is 4. The molecule has 0 radical (unpaired) electrons. The number of hydrogen-bond acceptors (Lipinski definition) is 2. The predicted octanol–water partition coefficient (Wildman–Crippen LogP) is 3.97. The average Bonchev–Trinajstić information content (AvgIpc) is 2.93. The minimum absolute atomic E-state index is 0. The first kappa shape index (κ1) is 24.3. The summed E-state index contributed by atoms with van der Waals surface area (Å²) in [5, 5.41) is 9.74. The van der Waals surface area contributed by atoms with Crippen LogP contribution in [-0.2, 0) is 26.2 Å². The van der Waals surface area contributed by atoms with Crippen LogP contribution in [0.2, 0.25) is 0 Å². The van der Waals surface area contributed by atoms with Crippen molar-refractivity contribution in [3.05, 3.63) is 52.3 Å². The molecule has 156 valence electrons. The van der Waals surface area contributed by atoms with Crippen molar-refractivity contribution in [1.82, 2.24) is 20.4 Å². The number of aliphatic imine (C=N–C) groups is 1. The van der Waals surface area contributed by atoms with E-state index < -0.39 is 11.9 Å². The number of aromatic nitrogens is 2. The molecule has 0 atom stereocenters. The van der Waals surface area contributed by atoms with Gasteiger partial charge < -0.3 is 10.6 Å². The number of aryl methyl sites for hydroxylation is 3. The molecule has 0 saturated carbocycles. The van der Waals surface area contributed by atoms with E-state index in [0.717, 1.165) is 11.1 Å². The fourth-order valence-electron chi connectivity index (χ4n) is 2.94. The van der Waals surface area contributed by atoms with Gasteiger partial charge in [0.2, 0.25) is 0 Å². The van der Waals surface area contributed by atoms with E-state index in [-0.39, 0.29) is 36.1 Å². The molecule has 2 N–H and O–H groups in total. The van der Waals surface area contributed by atoms with Gasteiger partial charge >= 0.3 is 6.18 Å². The van der Waals surface area contributed by atoms with Crippen molar-refractivity contribution in [3.8, 4) is 0 Å². The van der Waals surface area contributed by atoms with Crippen LogP contribution in [0.1, 0.15) is 34.9 Å². The van der Waals surface area contributed by atoms with Gasteiger partial charge in [0, 0.05) is 31.9 Å². The zero-order valence-electron chi connectivity index (χ0n) is 16.5. The molecule has 0 aliphatic heterocycles. The molecule has 0 unspecified atom stereocenters. The number of nitrogens with zero attached hydrogens (tertiary/aromatic N) is 3. The highest BCUT2D eigenvalue weighted by Crippen LogP contribution is 2.30. The second-order valence-electron chi connectivity index (χ2n) is 6.54. The monoisotopic (exact) mass is 509 g/mol. The quantitative estimate of drug-likeness (QED) is 0.352. The molecule has 2 rings (SSSR count). The minimum Gasteiger partial charge on any atom is -0.357 e. The summed E-state index contributed by atoms with van der Waals surface area (Å²) in [4.78, 5) is 4.28. The summed E-state index contributed by atoms with van der Waals surface area (Å²) in [6.45, 7) is 7.18. The highest BCUT2D eigenvalue weighted by atomic mass is 127. The minimum atomic E-state index is -4.49. The van der Waals surface area contributed by atoms with Gasteiger partial charge in [-0.2, -0.15) is 18.3 Å². The molecule has 0 amide bonds. The van der Waals surface area contributed by atoms with Crippen LogP contribution in [0, 0.1) is 13.8 Å². The van der Waals surface area contributed by atoms with Crippen LogP contribution in [-0.4, -0.2) is 28.8 Å². The SMILES string of the molecule is CCNC(=NCc1cn(C)nc1C(F)(F)F)NCCc1cc(C)cc(C)c1.I. The second-order valence-corrected chi connectivity index (χ2v) is 6.54. The molecular formula is C19H27F3IN5. The van der Waals surface area contributed by atoms with Crippen molar-refractivity contribution in [2.45, 2.75) is 39.9 Å². The second kappa shape index (κ2) is 10.7. The number of rotatable bonds is 6. The Labute approximate surface area is 180 Å². The Bertz CT molecular complexity index is 779. The van der Waals surface area contributed by atoms with Crippen molar-refractivity contribution >= 4 is 29.9 Å². The third-order valence-corrected chi connectivity index (χ3v) is 3.91. The Hall–Kier alpha value is -1.78. The van der Waals surface area contributed by atoms with Crippen molar-refractivity contribution in [2.24, 2.45) is 12.0 Å². The smallest absolute Gasteiger partial charge is 0.357 e. The molecule has 1 aromatic heterocycles. The lowest BCUT2D eigenvalue weighted by Gasteiger charge is -2.12. The highest BCUT2D eigenvalue weighted by Gasteiger charge is 2.36. The number of alkyl halides is 3. The van der Waals surface area contributed by atoms with Gasteiger partial charge in [0.05, 0.1) is 6.54 Å². The molecule has 5 nitrogen and oxygen atoms in total. The van der Waals surface area contributed by atoms with E-state index in [1.165, 1.54) is 29.9 Å². The standard InChI is InChI=1S/C19H26F3N5.HI/c1-5-23-18(24-7-6-15-9-13(2)8-14(3)10-15)25-11-16-12-27(4)26-17(16)19(20,21)22;/h8-10,12H,5-7,11H2,1-4H3,(H2,23,24,25);1H.